The first kappa shape index (κ1) is 29.7. The number of carbonyl (C=O) groups excluding carboxylic acids is 2. The number of benzene rings is 2. The Morgan fingerprint density at radius 1 is 1.11 bits per heavy atom. The summed E-state index contributed by atoms with van der Waals surface area (Å²) < 4.78 is 31.9. The molecule has 0 aliphatic rings. The summed E-state index contributed by atoms with van der Waals surface area (Å²) in [6, 6.07) is 8.94. The highest BCUT2D eigenvalue weighted by Gasteiger charge is 2.32. The number of methoxy groups -OCH3 is 1. The van der Waals surface area contributed by atoms with Crippen LogP contribution in [0.5, 0.6) is 5.75 Å². The number of ether oxygens (including phenoxy) is 1. The number of anilines is 1. The van der Waals surface area contributed by atoms with Gasteiger partial charge in [-0.25, -0.2) is 8.42 Å². The average molecular weight is 559 g/mol. The second-order valence-corrected chi connectivity index (χ2v) is 11.4. The molecule has 0 heterocycles. The summed E-state index contributed by atoms with van der Waals surface area (Å²) >= 11 is 12.7. The number of rotatable bonds is 11. The van der Waals surface area contributed by atoms with Crippen molar-refractivity contribution in [2.75, 3.05) is 24.2 Å². The number of amides is 2. The molecule has 0 saturated carbocycles. The summed E-state index contributed by atoms with van der Waals surface area (Å²) in [6.07, 6.45) is 1.72. The first-order valence-corrected chi connectivity index (χ1v) is 14.1. The number of halogens is 2. The lowest BCUT2D eigenvalue weighted by Gasteiger charge is -2.32. The van der Waals surface area contributed by atoms with E-state index in [2.05, 4.69) is 5.32 Å². The summed E-state index contributed by atoms with van der Waals surface area (Å²) in [4.78, 5) is 28.0. The normalized spacial score (nSPS) is 13.0. The molecular weight excluding hydrogens is 525 g/mol. The van der Waals surface area contributed by atoms with Gasteiger partial charge in [-0.05, 0) is 57.0 Å². The van der Waals surface area contributed by atoms with Crippen LogP contribution in [-0.4, -0.2) is 57.1 Å². The van der Waals surface area contributed by atoms with Crippen molar-refractivity contribution in [1.29, 1.82) is 0 Å². The Morgan fingerprint density at radius 2 is 1.72 bits per heavy atom. The predicted octanol–water partition coefficient (Wildman–Crippen LogP) is 4.41. The van der Waals surface area contributed by atoms with Crippen molar-refractivity contribution in [3.05, 3.63) is 57.6 Å². The molecule has 0 fully saturated rings. The minimum atomic E-state index is -3.90. The number of nitrogens with zero attached hydrogens (tertiary/aromatic N) is 2. The third-order valence-corrected chi connectivity index (χ3v) is 7.68. The molecule has 0 aromatic heterocycles. The lowest BCUT2D eigenvalue weighted by molar-refractivity contribution is -0.139. The van der Waals surface area contributed by atoms with Gasteiger partial charge in [-0.15, -0.1) is 0 Å². The highest BCUT2D eigenvalue weighted by atomic mass is 35.5. The zero-order valence-corrected chi connectivity index (χ0v) is 23.7. The zero-order valence-electron chi connectivity index (χ0n) is 21.3. The van der Waals surface area contributed by atoms with E-state index in [4.69, 9.17) is 27.9 Å². The molecule has 0 bridgehead atoms. The first-order chi connectivity index (χ1) is 16.8. The van der Waals surface area contributed by atoms with Gasteiger partial charge in [0.1, 0.15) is 18.3 Å². The van der Waals surface area contributed by atoms with Crippen LogP contribution in [0.4, 0.5) is 5.69 Å². The lowest BCUT2D eigenvalue weighted by Crippen LogP contribution is -2.52. The fourth-order valence-electron chi connectivity index (χ4n) is 3.49. The van der Waals surface area contributed by atoms with Gasteiger partial charge in [-0.2, -0.15) is 0 Å². The smallest absolute Gasteiger partial charge is 0.244 e. The maximum atomic E-state index is 13.7. The maximum absolute atomic E-state index is 13.7. The number of hydrogen-bond donors (Lipinski definition) is 1. The van der Waals surface area contributed by atoms with E-state index in [1.807, 2.05) is 13.8 Å². The van der Waals surface area contributed by atoms with Gasteiger partial charge in [0.05, 0.1) is 19.1 Å². The largest absolute Gasteiger partial charge is 0.495 e. The molecule has 0 saturated heterocycles. The summed E-state index contributed by atoms with van der Waals surface area (Å²) in [5.74, 6) is -0.686. The van der Waals surface area contributed by atoms with Gasteiger partial charge in [0.2, 0.25) is 21.8 Å². The van der Waals surface area contributed by atoms with E-state index in [0.29, 0.717) is 27.8 Å². The molecule has 36 heavy (non-hydrogen) atoms. The van der Waals surface area contributed by atoms with E-state index in [9.17, 15) is 18.0 Å². The molecule has 8 nitrogen and oxygen atoms in total. The molecule has 0 radical (unpaired) electrons. The number of aryl methyl sites for hydroxylation is 1. The van der Waals surface area contributed by atoms with Crippen molar-refractivity contribution < 1.29 is 22.7 Å². The Kier molecular flexibility index (Phi) is 10.5. The minimum absolute atomic E-state index is 0.0883. The summed E-state index contributed by atoms with van der Waals surface area (Å²) in [5, 5.41) is 3.53. The van der Waals surface area contributed by atoms with Crippen LogP contribution in [0.25, 0.3) is 0 Å². The van der Waals surface area contributed by atoms with Crippen molar-refractivity contribution >= 4 is 50.7 Å². The van der Waals surface area contributed by atoms with Crippen LogP contribution in [0.1, 0.15) is 38.3 Å². The highest BCUT2D eigenvalue weighted by molar-refractivity contribution is 7.92. The van der Waals surface area contributed by atoms with E-state index in [1.54, 1.807) is 50.2 Å². The molecule has 0 aliphatic heterocycles. The molecule has 0 aliphatic carbocycles. The topological polar surface area (TPSA) is 96.0 Å². The van der Waals surface area contributed by atoms with E-state index in [-0.39, 0.29) is 24.2 Å². The van der Waals surface area contributed by atoms with Gasteiger partial charge in [0, 0.05) is 28.2 Å². The van der Waals surface area contributed by atoms with Crippen LogP contribution >= 0.6 is 23.2 Å². The standard InChI is InChI=1S/C25H33Cl2N3O5S/c1-7-17(3)28-25(32)18(4)29(14-19-20(26)9-8-10-21(19)27)24(31)15-30(36(6,33)34)22-13-16(2)11-12-23(22)35-5/h8-13,17-18H,7,14-15H2,1-6H3,(H,28,32). The van der Waals surface area contributed by atoms with Gasteiger partial charge in [-0.3, -0.25) is 13.9 Å². The van der Waals surface area contributed by atoms with Crippen LogP contribution in [0.3, 0.4) is 0 Å². The van der Waals surface area contributed by atoms with Gasteiger partial charge >= 0.3 is 0 Å². The third kappa shape index (κ3) is 7.51. The summed E-state index contributed by atoms with van der Waals surface area (Å²) in [7, 11) is -2.48. The van der Waals surface area contributed by atoms with Crippen LogP contribution in [0.2, 0.25) is 10.0 Å². The molecule has 11 heteroatoms. The van der Waals surface area contributed by atoms with Gasteiger partial charge in [-0.1, -0.05) is 42.3 Å². The Morgan fingerprint density at radius 3 is 2.25 bits per heavy atom. The Hall–Kier alpha value is -2.49. The minimum Gasteiger partial charge on any atom is -0.495 e. The number of sulfonamides is 1. The van der Waals surface area contributed by atoms with Crippen molar-refractivity contribution in [2.45, 2.75) is 52.7 Å². The second-order valence-electron chi connectivity index (χ2n) is 8.66. The predicted molar refractivity (Wildman–Crippen MR) is 144 cm³/mol. The maximum Gasteiger partial charge on any atom is 0.244 e. The van der Waals surface area contributed by atoms with Crippen LogP contribution in [0, 0.1) is 6.92 Å². The molecule has 1 N–H and O–H groups in total. The van der Waals surface area contributed by atoms with Crippen LogP contribution in [-0.2, 0) is 26.2 Å². The highest BCUT2D eigenvalue weighted by Crippen LogP contribution is 2.32. The van der Waals surface area contributed by atoms with Crippen LogP contribution in [0.15, 0.2) is 36.4 Å². The summed E-state index contributed by atoms with van der Waals surface area (Å²) in [5.41, 5.74) is 1.46. The number of nitrogens with one attached hydrogen (secondary N) is 1. The zero-order chi connectivity index (χ0) is 27.2. The van der Waals surface area contributed by atoms with E-state index in [0.717, 1.165) is 16.1 Å². The van der Waals surface area contributed by atoms with E-state index < -0.39 is 28.5 Å². The van der Waals surface area contributed by atoms with Gasteiger partial charge in [0.25, 0.3) is 0 Å². The van der Waals surface area contributed by atoms with Crippen molar-refractivity contribution in [3.8, 4) is 5.75 Å². The Balaban J connectivity index is 2.52. The fourth-order valence-corrected chi connectivity index (χ4v) is 4.85. The molecule has 2 amide bonds. The number of carbonyl (C=O) groups is 2. The van der Waals surface area contributed by atoms with E-state index in [1.165, 1.54) is 12.0 Å². The fraction of sp³-hybridized carbons (Fsp3) is 0.440. The van der Waals surface area contributed by atoms with Crippen molar-refractivity contribution in [1.82, 2.24) is 10.2 Å². The Bertz CT molecular complexity index is 1190. The van der Waals surface area contributed by atoms with Crippen molar-refractivity contribution in [3.63, 3.8) is 0 Å². The molecule has 2 aromatic rings. The van der Waals surface area contributed by atoms with Crippen LogP contribution < -0.4 is 14.4 Å². The molecule has 0 spiro atoms. The van der Waals surface area contributed by atoms with Gasteiger partial charge < -0.3 is 15.0 Å². The van der Waals surface area contributed by atoms with Gasteiger partial charge in [0.15, 0.2) is 0 Å². The molecule has 2 rings (SSSR count). The second kappa shape index (κ2) is 12.7. The first-order valence-electron chi connectivity index (χ1n) is 11.4. The Labute approximate surface area is 223 Å². The average Bonchev–Trinajstić information content (AvgIpc) is 2.80. The third-order valence-electron chi connectivity index (χ3n) is 5.84. The lowest BCUT2D eigenvalue weighted by atomic mass is 10.1. The molecule has 2 unspecified atom stereocenters. The molecule has 2 aromatic carbocycles. The van der Waals surface area contributed by atoms with E-state index >= 15 is 0 Å². The molecule has 2 atom stereocenters. The quantitative estimate of drug-likeness (QED) is 0.441. The SMILES string of the molecule is CCC(C)NC(=O)C(C)N(Cc1c(Cl)cccc1Cl)C(=O)CN(c1cc(C)ccc1OC)S(C)(=O)=O. The number of hydrogen-bond acceptors (Lipinski definition) is 5. The molecular formula is C25H33Cl2N3O5S. The monoisotopic (exact) mass is 557 g/mol. The summed E-state index contributed by atoms with van der Waals surface area (Å²) in [6.45, 7) is 6.53. The molecule has 198 valence electrons. The van der Waals surface area contributed by atoms with Crippen molar-refractivity contribution in [2.24, 2.45) is 0 Å².